The quantitative estimate of drug-likeness (QED) is 0.193. The van der Waals surface area contributed by atoms with E-state index in [9.17, 15) is 28.1 Å². The lowest BCUT2D eigenvalue weighted by Gasteiger charge is -2.22. The van der Waals surface area contributed by atoms with Crippen molar-refractivity contribution in [3.63, 3.8) is 0 Å². The first kappa shape index (κ1) is 27.0. The number of anilines is 1. The van der Waals surface area contributed by atoms with Crippen LogP contribution in [-0.2, 0) is 21.9 Å². The second kappa shape index (κ2) is 11.1. The number of hydrazone groups is 1. The van der Waals surface area contributed by atoms with Crippen LogP contribution in [0.25, 0.3) is 5.69 Å². The van der Waals surface area contributed by atoms with E-state index in [-0.39, 0.29) is 16.3 Å². The van der Waals surface area contributed by atoms with Crippen molar-refractivity contribution in [1.29, 1.82) is 0 Å². The third-order valence-corrected chi connectivity index (χ3v) is 7.66. The number of sulfonamides is 1. The first-order valence-corrected chi connectivity index (χ1v) is 13.0. The van der Waals surface area contributed by atoms with Crippen LogP contribution in [0.5, 0.6) is 0 Å². The van der Waals surface area contributed by atoms with Crippen LogP contribution in [0.3, 0.4) is 0 Å². The predicted molar refractivity (Wildman–Crippen MR) is 146 cm³/mol. The number of para-hydroxylation sites is 1. The van der Waals surface area contributed by atoms with E-state index in [0.29, 0.717) is 16.9 Å². The summed E-state index contributed by atoms with van der Waals surface area (Å²) < 4.78 is 31.0. The van der Waals surface area contributed by atoms with Crippen LogP contribution in [0.4, 0.5) is 11.4 Å². The number of hydrogen-bond acceptors (Lipinski definition) is 7. The molecule has 13 heteroatoms. The van der Waals surface area contributed by atoms with Gasteiger partial charge in [0.1, 0.15) is 12.2 Å². The lowest BCUT2D eigenvalue weighted by molar-refractivity contribution is -0.384. The van der Waals surface area contributed by atoms with Gasteiger partial charge in [-0.15, -0.1) is 0 Å². The molecule has 12 nitrogen and oxygen atoms in total. The van der Waals surface area contributed by atoms with E-state index in [1.54, 1.807) is 62.5 Å². The number of amides is 1. The molecule has 0 saturated carbocycles. The molecule has 0 radical (unpaired) electrons. The Morgan fingerprint density at radius 1 is 1.03 bits per heavy atom. The Labute approximate surface area is 223 Å². The van der Waals surface area contributed by atoms with Gasteiger partial charge in [0.2, 0.25) is 0 Å². The lowest BCUT2D eigenvalue weighted by Crippen LogP contribution is -2.42. The second-order valence-electron chi connectivity index (χ2n) is 8.38. The maximum absolute atomic E-state index is 13.7. The second-order valence-corrected chi connectivity index (χ2v) is 10.2. The van der Waals surface area contributed by atoms with Gasteiger partial charge in [-0.05, 0) is 48.9 Å². The standard InChI is InChI=1S/C26H24N6O6S/c1-19-25(26(34)31(29(19)2)21-9-5-3-6-10-21)30(39(37,38)23-11-7-4-8-12-23)18-24(33)28-27-17-20-13-15-22(16-14-20)32(35)36/h3-17H,18H2,1-2H3,(H,28,33)/b27-17-. The number of rotatable bonds is 9. The van der Waals surface area contributed by atoms with Crippen molar-refractivity contribution in [2.75, 3.05) is 10.8 Å². The molecule has 0 aliphatic carbocycles. The van der Waals surface area contributed by atoms with E-state index in [1.807, 2.05) is 0 Å². The molecule has 1 N–H and O–H groups in total. The number of nitro benzene ring substituents is 1. The smallest absolute Gasteiger partial charge is 0.283 e. The van der Waals surface area contributed by atoms with Gasteiger partial charge < -0.3 is 0 Å². The van der Waals surface area contributed by atoms with Gasteiger partial charge in [-0.1, -0.05) is 36.4 Å². The van der Waals surface area contributed by atoms with Crippen LogP contribution >= 0.6 is 0 Å². The average molecular weight is 549 g/mol. The van der Waals surface area contributed by atoms with Crippen molar-refractivity contribution in [2.24, 2.45) is 12.1 Å². The molecule has 3 aromatic carbocycles. The van der Waals surface area contributed by atoms with Crippen molar-refractivity contribution in [2.45, 2.75) is 11.8 Å². The molecule has 0 bridgehead atoms. The van der Waals surface area contributed by atoms with Crippen LogP contribution in [0.15, 0.2) is 99.7 Å². The molecule has 0 unspecified atom stereocenters. The molecular weight excluding hydrogens is 524 g/mol. The van der Waals surface area contributed by atoms with Gasteiger partial charge >= 0.3 is 0 Å². The highest BCUT2D eigenvalue weighted by atomic mass is 32.2. The molecule has 4 aromatic rings. The van der Waals surface area contributed by atoms with Crippen LogP contribution in [0.2, 0.25) is 0 Å². The summed E-state index contributed by atoms with van der Waals surface area (Å²) in [5, 5.41) is 14.6. The van der Waals surface area contributed by atoms with E-state index >= 15 is 0 Å². The fourth-order valence-electron chi connectivity index (χ4n) is 3.87. The Balaban J connectivity index is 1.69. The third-order valence-electron chi connectivity index (χ3n) is 5.90. The topological polar surface area (TPSA) is 149 Å². The molecule has 200 valence electrons. The molecule has 39 heavy (non-hydrogen) atoms. The highest BCUT2D eigenvalue weighted by Gasteiger charge is 2.33. The van der Waals surface area contributed by atoms with Gasteiger partial charge in [0, 0.05) is 19.2 Å². The van der Waals surface area contributed by atoms with Gasteiger partial charge in [-0.25, -0.2) is 22.8 Å². The van der Waals surface area contributed by atoms with E-state index in [1.165, 1.54) is 52.0 Å². The summed E-state index contributed by atoms with van der Waals surface area (Å²) in [7, 11) is -2.72. The number of hydrogen-bond donors (Lipinski definition) is 1. The van der Waals surface area contributed by atoms with Crippen molar-refractivity contribution >= 4 is 33.5 Å². The van der Waals surface area contributed by atoms with Crippen LogP contribution in [0, 0.1) is 17.0 Å². The molecule has 4 rings (SSSR count). The first-order valence-electron chi connectivity index (χ1n) is 11.6. The van der Waals surface area contributed by atoms with E-state index in [2.05, 4.69) is 10.5 Å². The molecule has 0 spiro atoms. The summed E-state index contributed by atoms with van der Waals surface area (Å²) in [6.07, 6.45) is 1.26. The fraction of sp³-hybridized carbons (Fsp3) is 0.115. The first-order chi connectivity index (χ1) is 18.6. The maximum Gasteiger partial charge on any atom is 0.296 e. The molecular formula is C26H24N6O6S. The molecule has 1 heterocycles. The largest absolute Gasteiger partial charge is 0.296 e. The molecule has 0 aliphatic rings. The minimum Gasteiger partial charge on any atom is -0.283 e. The molecule has 1 amide bonds. The predicted octanol–water partition coefficient (Wildman–Crippen LogP) is 2.74. The number of benzene rings is 3. The summed E-state index contributed by atoms with van der Waals surface area (Å²) in [5.41, 5.74) is 2.67. The van der Waals surface area contributed by atoms with Gasteiger partial charge in [0.25, 0.3) is 27.2 Å². The Morgan fingerprint density at radius 3 is 2.21 bits per heavy atom. The number of nitrogens with zero attached hydrogens (tertiary/aromatic N) is 5. The monoisotopic (exact) mass is 548 g/mol. The SMILES string of the molecule is Cc1c(N(CC(=O)N/N=C\c2ccc([N+](=O)[O-])cc2)S(=O)(=O)c2ccccc2)c(=O)n(-c2ccccc2)n1C. The van der Waals surface area contributed by atoms with Crippen LogP contribution < -0.4 is 15.3 Å². The molecule has 0 saturated heterocycles. The lowest BCUT2D eigenvalue weighted by atomic mass is 10.2. The zero-order chi connectivity index (χ0) is 28.2. The zero-order valence-corrected chi connectivity index (χ0v) is 21.8. The number of aromatic nitrogens is 2. The molecule has 0 atom stereocenters. The van der Waals surface area contributed by atoms with Gasteiger partial charge in [-0.2, -0.15) is 5.10 Å². The summed E-state index contributed by atoms with van der Waals surface area (Å²) in [6, 6.07) is 21.6. The van der Waals surface area contributed by atoms with E-state index < -0.39 is 33.0 Å². The summed E-state index contributed by atoms with van der Waals surface area (Å²) in [6.45, 7) is 0.859. The number of carbonyl (C=O) groups is 1. The number of non-ortho nitro benzene ring substituents is 1. The average Bonchev–Trinajstić information content (AvgIpc) is 3.15. The van der Waals surface area contributed by atoms with E-state index in [4.69, 9.17) is 0 Å². The highest BCUT2D eigenvalue weighted by Crippen LogP contribution is 2.25. The summed E-state index contributed by atoms with van der Waals surface area (Å²) in [5.74, 6) is -0.804. The Hall–Kier alpha value is -5.04. The minimum atomic E-state index is -4.34. The summed E-state index contributed by atoms with van der Waals surface area (Å²) in [4.78, 5) is 36.7. The Bertz CT molecular complexity index is 1700. The number of carbonyl (C=O) groups excluding carboxylic acids is 1. The summed E-state index contributed by atoms with van der Waals surface area (Å²) >= 11 is 0. The molecule has 1 aromatic heterocycles. The normalized spacial score (nSPS) is 11.4. The van der Waals surface area contributed by atoms with Crippen LogP contribution in [-0.4, -0.2) is 41.4 Å². The molecule has 0 fully saturated rings. The number of nitrogens with one attached hydrogen (secondary N) is 1. The third kappa shape index (κ3) is 5.62. The van der Waals surface area contributed by atoms with E-state index in [0.717, 1.165) is 4.31 Å². The van der Waals surface area contributed by atoms with Gasteiger partial charge in [0.15, 0.2) is 0 Å². The minimum absolute atomic E-state index is 0.0962. The van der Waals surface area contributed by atoms with Gasteiger partial charge in [-0.3, -0.25) is 24.4 Å². The number of nitro groups is 1. The fourth-order valence-corrected chi connectivity index (χ4v) is 5.37. The van der Waals surface area contributed by atoms with Gasteiger partial charge in [0.05, 0.1) is 27.4 Å². The Morgan fingerprint density at radius 2 is 1.62 bits per heavy atom. The van der Waals surface area contributed by atoms with Crippen molar-refractivity contribution in [3.8, 4) is 5.69 Å². The zero-order valence-electron chi connectivity index (χ0n) is 21.0. The van der Waals surface area contributed by atoms with Crippen LogP contribution in [0.1, 0.15) is 11.3 Å². The Kier molecular flexibility index (Phi) is 7.72. The van der Waals surface area contributed by atoms with Crippen molar-refractivity contribution in [1.82, 2.24) is 14.8 Å². The highest BCUT2D eigenvalue weighted by molar-refractivity contribution is 7.92. The van der Waals surface area contributed by atoms with Crippen molar-refractivity contribution < 1.29 is 18.1 Å². The molecule has 0 aliphatic heterocycles. The maximum atomic E-state index is 13.7. The van der Waals surface area contributed by atoms with Crippen molar-refractivity contribution in [3.05, 3.63) is 117 Å².